The second-order valence-electron chi connectivity index (χ2n) is 7.57. The van der Waals surface area contributed by atoms with Crippen LogP contribution < -0.4 is 15.0 Å². The number of amides is 1. The number of nitrogens with one attached hydrogen (secondary N) is 1. The largest absolute Gasteiger partial charge is 0.497 e. The molecule has 26 heavy (non-hydrogen) atoms. The van der Waals surface area contributed by atoms with E-state index >= 15 is 0 Å². The van der Waals surface area contributed by atoms with Crippen LogP contribution in [0.2, 0.25) is 0 Å². The first-order valence-electron chi connectivity index (χ1n) is 8.86. The summed E-state index contributed by atoms with van der Waals surface area (Å²) in [6.07, 6.45) is 2.16. The molecule has 140 valence electrons. The van der Waals surface area contributed by atoms with Crippen LogP contribution in [0.3, 0.4) is 0 Å². The van der Waals surface area contributed by atoms with Crippen molar-refractivity contribution in [3.05, 3.63) is 24.5 Å². The number of fused-ring (bicyclic) bond motifs is 1. The molecule has 0 saturated carbocycles. The van der Waals surface area contributed by atoms with Crippen LogP contribution in [-0.4, -0.2) is 48.4 Å². The predicted molar refractivity (Wildman–Crippen MR) is 101 cm³/mol. The lowest BCUT2D eigenvalue weighted by molar-refractivity contribution is 0.0524. The van der Waals surface area contributed by atoms with Crippen LogP contribution in [0.4, 0.5) is 10.6 Å². The van der Waals surface area contributed by atoms with Gasteiger partial charge in [-0.25, -0.2) is 14.8 Å². The Morgan fingerprint density at radius 3 is 2.77 bits per heavy atom. The molecule has 0 radical (unpaired) electrons. The highest BCUT2D eigenvalue weighted by Gasteiger charge is 2.29. The van der Waals surface area contributed by atoms with Crippen molar-refractivity contribution in [3.63, 3.8) is 0 Å². The van der Waals surface area contributed by atoms with Gasteiger partial charge in [-0.2, -0.15) is 0 Å². The van der Waals surface area contributed by atoms with E-state index in [1.54, 1.807) is 13.4 Å². The molecule has 0 atom stereocenters. The highest BCUT2D eigenvalue weighted by molar-refractivity contribution is 5.90. The number of carbonyl (C=O) groups excluding carboxylic acids is 1. The van der Waals surface area contributed by atoms with E-state index < -0.39 is 5.60 Å². The maximum atomic E-state index is 11.7. The van der Waals surface area contributed by atoms with Crippen molar-refractivity contribution in [3.8, 4) is 5.75 Å². The van der Waals surface area contributed by atoms with Crippen molar-refractivity contribution in [1.82, 2.24) is 15.3 Å². The van der Waals surface area contributed by atoms with Crippen molar-refractivity contribution in [2.75, 3.05) is 31.6 Å². The molecular formula is C19H26N4O3. The number of hydrogen-bond donors (Lipinski definition) is 1. The minimum atomic E-state index is -0.464. The fraction of sp³-hybridized carbons (Fsp3) is 0.526. The second-order valence-corrected chi connectivity index (χ2v) is 7.57. The van der Waals surface area contributed by atoms with Gasteiger partial charge in [0, 0.05) is 31.1 Å². The van der Waals surface area contributed by atoms with Crippen LogP contribution in [-0.2, 0) is 4.74 Å². The van der Waals surface area contributed by atoms with E-state index in [4.69, 9.17) is 9.47 Å². The van der Waals surface area contributed by atoms with E-state index in [1.807, 2.05) is 39.0 Å². The number of alkyl carbamates (subject to hydrolysis) is 1. The predicted octanol–water partition coefficient (Wildman–Crippen LogP) is 2.99. The first kappa shape index (κ1) is 18.2. The summed E-state index contributed by atoms with van der Waals surface area (Å²) in [6.45, 7) is 8.05. The molecule has 1 aromatic heterocycles. The summed E-state index contributed by atoms with van der Waals surface area (Å²) in [7, 11) is 1.65. The Morgan fingerprint density at radius 1 is 1.31 bits per heavy atom. The third kappa shape index (κ3) is 4.33. The molecule has 3 rings (SSSR count). The van der Waals surface area contributed by atoms with Crippen LogP contribution in [0, 0.1) is 5.92 Å². The zero-order valence-electron chi connectivity index (χ0n) is 15.8. The highest BCUT2D eigenvalue weighted by Crippen LogP contribution is 2.31. The lowest BCUT2D eigenvalue weighted by atomic mass is 9.96. The molecule has 0 bridgehead atoms. The maximum Gasteiger partial charge on any atom is 0.407 e. The zero-order valence-corrected chi connectivity index (χ0v) is 15.8. The first-order chi connectivity index (χ1) is 12.4. The maximum absolute atomic E-state index is 11.7. The van der Waals surface area contributed by atoms with Crippen molar-refractivity contribution < 1.29 is 14.3 Å². The minimum absolute atomic E-state index is 0.357. The van der Waals surface area contributed by atoms with Crippen LogP contribution in [0.1, 0.15) is 27.2 Å². The van der Waals surface area contributed by atoms with E-state index in [1.165, 1.54) is 0 Å². The summed E-state index contributed by atoms with van der Waals surface area (Å²) in [5.74, 6) is 2.28. The average molecular weight is 358 g/mol. The van der Waals surface area contributed by atoms with Gasteiger partial charge >= 0.3 is 6.09 Å². The molecule has 1 aliphatic rings. The molecule has 1 N–H and O–H groups in total. The molecule has 1 aromatic carbocycles. The lowest BCUT2D eigenvalue weighted by Crippen LogP contribution is -2.48. The highest BCUT2D eigenvalue weighted by atomic mass is 16.6. The second kappa shape index (κ2) is 7.35. The SMILES string of the molecule is COc1ccc2c(N3CC(CCNC(=O)OC(C)(C)C)C3)ncnc2c1. The molecule has 7 heteroatoms. The number of carbonyl (C=O) groups is 1. The van der Waals surface area contributed by atoms with Crippen LogP contribution in [0.15, 0.2) is 24.5 Å². The van der Waals surface area contributed by atoms with Crippen molar-refractivity contribution in [2.45, 2.75) is 32.8 Å². The molecular weight excluding hydrogens is 332 g/mol. The van der Waals surface area contributed by atoms with Crippen molar-refractivity contribution >= 4 is 22.8 Å². The fourth-order valence-electron chi connectivity index (χ4n) is 3.02. The molecule has 2 heterocycles. The van der Waals surface area contributed by atoms with Crippen molar-refractivity contribution in [2.24, 2.45) is 5.92 Å². The normalized spacial score (nSPS) is 14.8. The van der Waals surface area contributed by atoms with E-state index in [2.05, 4.69) is 20.2 Å². The van der Waals surface area contributed by atoms with Gasteiger partial charge < -0.3 is 19.7 Å². The average Bonchev–Trinajstić information content (AvgIpc) is 2.54. The Balaban J connectivity index is 1.51. The molecule has 0 aliphatic carbocycles. The summed E-state index contributed by atoms with van der Waals surface area (Å²) >= 11 is 0. The monoisotopic (exact) mass is 358 g/mol. The lowest BCUT2D eigenvalue weighted by Gasteiger charge is -2.40. The Hall–Kier alpha value is -2.57. The number of anilines is 1. The van der Waals surface area contributed by atoms with Crippen LogP contribution in [0.25, 0.3) is 10.9 Å². The van der Waals surface area contributed by atoms with E-state index in [9.17, 15) is 4.79 Å². The molecule has 1 fully saturated rings. The van der Waals surface area contributed by atoms with Gasteiger partial charge in [-0.05, 0) is 45.2 Å². The summed E-state index contributed by atoms with van der Waals surface area (Å²) in [6, 6.07) is 5.85. The quantitative estimate of drug-likeness (QED) is 0.885. The molecule has 2 aromatic rings. The van der Waals surface area contributed by atoms with Gasteiger partial charge in [-0.15, -0.1) is 0 Å². The minimum Gasteiger partial charge on any atom is -0.497 e. The molecule has 1 saturated heterocycles. The Labute approximate surface area is 153 Å². The third-order valence-corrected chi connectivity index (χ3v) is 4.30. The Kier molecular flexibility index (Phi) is 5.15. The van der Waals surface area contributed by atoms with Gasteiger partial charge in [0.05, 0.1) is 12.6 Å². The molecule has 1 amide bonds. The topological polar surface area (TPSA) is 76.6 Å². The summed E-state index contributed by atoms with van der Waals surface area (Å²) in [5.41, 5.74) is 0.415. The van der Waals surface area contributed by atoms with Gasteiger partial charge in [0.1, 0.15) is 23.5 Å². The summed E-state index contributed by atoms with van der Waals surface area (Å²) in [4.78, 5) is 22.7. The smallest absolute Gasteiger partial charge is 0.407 e. The number of rotatable bonds is 5. The zero-order chi connectivity index (χ0) is 18.7. The number of ether oxygens (including phenoxy) is 2. The fourth-order valence-corrected chi connectivity index (χ4v) is 3.02. The molecule has 1 aliphatic heterocycles. The number of methoxy groups -OCH3 is 1. The first-order valence-corrected chi connectivity index (χ1v) is 8.86. The summed E-state index contributed by atoms with van der Waals surface area (Å²) in [5, 5.41) is 3.84. The number of hydrogen-bond acceptors (Lipinski definition) is 6. The summed E-state index contributed by atoms with van der Waals surface area (Å²) < 4.78 is 10.5. The Bertz CT molecular complexity index is 782. The number of aromatic nitrogens is 2. The van der Waals surface area contributed by atoms with Crippen LogP contribution >= 0.6 is 0 Å². The van der Waals surface area contributed by atoms with Crippen molar-refractivity contribution in [1.29, 1.82) is 0 Å². The number of nitrogens with zero attached hydrogens (tertiary/aromatic N) is 3. The van der Waals surface area contributed by atoms with Gasteiger partial charge in [0.25, 0.3) is 0 Å². The molecule has 7 nitrogen and oxygen atoms in total. The van der Waals surface area contributed by atoms with E-state index in [0.29, 0.717) is 12.5 Å². The molecule has 0 spiro atoms. The molecule has 0 unspecified atom stereocenters. The van der Waals surface area contributed by atoms with E-state index in [0.717, 1.165) is 42.0 Å². The van der Waals surface area contributed by atoms with Crippen LogP contribution in [0.5, 0.6) is 5.75 Å². The Morgan fingerprint density at radius 2 is 2.08 bits per heavy atom. The third-order valence-electron chi connectivity index (χ3n) is 4.30. The van der Waals surface area contributed by atoms with E-state index in [-0.39, 0.29) is 6.09 Å². The number of benzene rings is 1. The van der Waals surface area contributed by atoms with Gasteiger partial charge in [-0.1, -0.05) is 0 Å². The van der Waals surface area contributed by atoms with Gasteiger partial charge in [0.15, 0.2) is 0 Å². The van der Waals surface area contributed by atoms with Gasteiger partial charge in [-0.3, -0.25) is 0 Å². The standard InChI is InChI=1S/C19H26N4O3/c1-19(2,3)26-18(24)20-8-7-13-10-23(11-13)17-15-6-5-14(25-4)9-16(15)21-12-22-17/h5-6,9,12-13H,7-8,10-11H2,1-4H3,(H,20,24). The van der Waals surface area contributed by atoms with Gasteiger partial charge in [0.2, 0.25) is 0 Å².